The summed E-state index contributed by atoms with van der Waals surface area (Å²) in [6.45, 7) is 3.06. The van der Waals surface area contributed by atoms with Crippen molar-refractivity contribution >= 4 is 5.97 Å². The van der Waals surface area contributed by atoms with Crippen molar-refractivity contribution in [1.29, 1.82) is 0 Å². The molecular formula is C16H36N2O3. The average Bonchev–Trinajstić information content (AvgIpc) is 2.46. The number of nitrogens with two attached hydrogens (primary N) is 2. The first-order valence-electron chi connectivity index (χ1n) is 8.38. The van der Waals surface area contributed by atoms with E-state index in [2.05, 4.69) is 6.92 Å². The molecule has 5 heteroatoms. The third kappa shape index (κ3) is 24.7. The lowest BCUT2D eigenvalue weighted by atomic mass is 10.1. The van der Waals surface area contributed by atoms with Gasteiger partial charge in [-0.3, -0.25) is 4.79 Å². The van der Waals surface area contributed by atoms with E-state index < -0.39 is 12.1 Å². The number of hydrogen-bond acceptors (Lipinski definition) is 4. The first-order valence-corrected chi connectivity index (χ1v) is 8.38. The molecule has 0 bridgehead atoms. The molecule has 128 valence electrons. The molecule has 0 saturated heterocycles. The maximum absolute atomic E-state index is 10.2. The van der Waals surface area contributed by atoms with Crippen LogP contribution in [0, 0.1) is 0 Å². The quantitative estimate of drug-likeness (QED) is 0.391. The first kappa shape index (κ1) is 22.6. The van der Waals surface area contributed by atoms with Gasteiger partial charge in [-0.1, -0.05) is 58.3 Å². The van der Waals surface area contributed by atoms with Gasteiger partial charge in [0.15, 0.2) is 0 Å². The number of hydrogen-bond donors (Lipinski definition) is 4. The number of carbonyl (C=O) groups is 1. The Labute approximate surface area is 130 Å². The van der Waals surface area contributed by atoms with E-state index in [1.807, 2.05) is 0 Å². The van der Waals surface area contributed by atoms with Crippen LogP contribution in [0.5, 0.6) is 0 Å². The van der Waals surface area contributed by atoms with E-state index >= 15 is 0 Å². The Hall–Kier alpha value is -0.650. The monoisotopic (exact) mass is 304 g/mol. The molecule has 0 aliphatic rings. The van der Waals surface area contributed by atoms with Gasteiger partial charge in [0.1, 0.15) is 0 Å². The summed E-state index contributed by atoms with van der Waals surface area (Å²) < 4.78 is 0. The summed E-state index contributed by atoms with van der Waals surface area (Å²) in [4.78, 5) is 10.2. The lowest BCUT2D eigenvalue weighted by molar-refractivity contribution is -0.137. The molecule has 1 atom stereocenters. The van der Waals surface area contributed by atoms with Crippen LogP contribution < -0.4 is 11.5 Å². The van der Waals surface area contributed by atoms with Crippen LogP contribution in [0.3, 0.4) is 0 Å². The molecule has 0 radical (unpaired) electrons. The zero-order valence-corrected chi connectivity index (χ0v) is 13.7. The Balaban J connectivity index is 0. The fraction of sp³-hybridized carbons (Fsp3) is 0.938. The van der Waals surface area contributed by atoms with Crippen LogP contribution in [0.4, 0.5) is 0 Å². The van der Waals surface area contributed by atoms with Gasteiger partial charge in [-0.25, -0.2) is 0 Å². The van der Waals surface area contributed by atoms with Crippen LogP contribution in [0.1, 0.15) is 77.6 Å². The number of carboxylic acids is 1. The summed E-state index contributed by atoms with van der Waals surface area (Å²) in [6.07, 6.45) is 11.7. The topological polar surface area (TPSA) is 110 Å². The molecule has 0 rings (SSSR count). The van der Waals surface area contributed by atoms with Crippen LogP contribution in [0.25, 0.3) is 0 Å². The average molecular weight is 304 g/mol. The fourth-order valence-electron chi connectivity index (χ4n) is 1.90. The number of aliphatic carboxylic acids is 1. The lowest BCUT2D eigenvalue weighted by Crippen LogP contribution is -2.22. The minimum absolute atomic E-state index is 0.317. The number of aliphatic hydroxyl groups is 1. The van der Waals surface area contributed by atoms with Gasteiger partial charge in [-0.2, -0.15) is 0 Å². The van der Waals surface area contributed by atoms with E-state index in [4.69, 9.17) is 21.7 Å². The molecule has 0 aromatic rings. The van der Waals surface area contributed by atoms with Gasteiger partial charge < -0.3 is 21.7 Å². The smallest absolute Gasteiger partial charge is 0.303 e. The highest BCUT2D eigenvalue weighted by molar-refractivity contribution is 5.66. The van der Waals surface area contributed by atoms with Gasteiger partial charge in [-0.15, -0.1) is 0 Å². The number of rotatable bonds is 13. The van der Waals surface area contributed by atoms with E-state index in [0.29, 0.717) is 25.9 Å². The van der Waals surface area contributed by atoms with Crippen molar-refractivity contribution < 1.29 is 15.0 Å². The zero-order chi connectivity index (χ0) is 16.3. The molecule has 0 aromatic carbocycles. The molecule has 1 unspecified atom stereocenters. The van der Waals surface area contributed by atoms with E-state index in [1.165, 1.54) is 44.9 Å². The molecule has 21 heavy (non-hydrogen) atoms. The minimum Gasteiger partial charge on any atom is -0.481 e. The summed E-state index contributed by atoms with van der Waals surface area (Å²) >= 11 is 0. The van der Waals surface area contributed by atoms with E-state index in [9.17, 15) is 4.79 Å². The third-order valence-electron chi connectivity index (χ3n) is 3.27. The van der Waals surface area contributed by atoms with Crippen LogP contribution >= 0.6 is 0 Å². The molecule has 6 N–H and O–H groups in total. The Morgan fingerprint density at radius 3 is 1.76 bits per heavy atom. The summed E-state index contributed by atoms with van der Waals surface area (Å²) in [7, 11) is 0. The predicted molar refractivity (Wildman–Crippen MR) is 88.2 cm³/mol. The van der Waals surface area contributed by atoms with Crippen molar-refractivity contribution in [2.45, 2.75) is 83.7 Å². The third-order valence-corrected chi connectivity index (χ3v) is 3.27. The lowest BCUT2D eigenvalue weighted by Gasteiger charge is -2.01. The second-order valence-electron chi connectivity index (χ2n) is 5.44. The van der Waals surface area contributed by atoms with Crippen molar-refractivity contribution in [3.8, 4) is 0 Å². The molecule has 0 spiro atoms. The van der Waals surface area contributed by atoms with Crippen molar-refractivity contribution in [2.24, 2.45) is 11.5 Å². The van der Waals surface area contributed by atoms with Gasteiger partial charge in [-0.05, 0) is 19.4 Å². The normalized spacial score (nSPS) is 11.6. The molecule has 0 saturated carbocycles. The largest absolute Gasteiger partial charge is 0.481 e. The van der Waals surface area contributed by atoms with E-state index in [1.54, 1.807) is 0 Å². The maximum atomic E-state index is 10.2. The second-order valence-corrected chi connectivity index (χ2v) is 5.44. The highest BCUT2D eigenvalue weighted by Gasteiger charge is 1.96. The van der Waals surface area contributed by atoms with Crippen molar-refractivity contribution in [1.82, 2.24) is 0 Å². The first-order chi connectivity index (χ1) is 10.1. The summed E-state index contributed by atoms with van der Waals surface area (Å²) in [5, 5.41) is 17.1. The summed E-state index contributed by atoms with van der Waals surface area (Å²) in [5.74, 6) is -0.659. The molecule has 0 aliphatic carbocycles. The van der Waals surface area contributed by atoms with Crippen LogP contribution in [-0.2, 0) is 4.79 Å². The molecular weight excluding hydrogens is 268 g/mol. The van der Waals surface area contributed by atoms with Crippen molar-refractivity contribution in [2.75, 3.05) is 13.1 Å². The number of carboxylic acid groups (broad SMARTS) is 1. The predicted octanol–water partition coefficient (Wildman–Crippen LogP) is 2.65. The van der Waals surface area contributed by atoms with E-state index in [0.717, 1.165) is 12.8 Å². The van der Waals surface area contributed by atoms with Crippen molar-refractivity contribution in [3.05, 3.63) is 0 Å². The zero-order valence-electron chi connectivity index (χ0n) is 13.7. The number of unbranched alkanes of at least 4 members (excludes halogenated alkanes) is 8. The van der Waals surface area contributed by atoms with Crippen molar-refractivity contribution in [3.63, 3.8) is 0 Å². The Bertz CT molecular complexity index is 214. The van der Waals surface area contributed by atoms with Gasteiger partial charge in [0.05, 0.1) is 6.10 Å². The maximum Gasteiger partial charge on any atom is 0.303 e. The molecule has 5 nitrogen and oxygen atoms in total. The summed E-state index contributed by atoms with van der Waals surface area (Å²) in [5.41, 5.74) is 10.1. The van der Waals surface area contributed by atoms with Crippen LogP contribution in [-0.4, -0.2) is 35.4 Å². The second kappa shape index (κ2) is 19.4. The Morgan fingerprint density at radius 1 is 0.952 bits per heavy atom. The standard InChI is InChI=1S/C12H24O2.C4H12N2O/c1-2-3-4-5-6-7-8-9-10-11-12(13)14;5-2-1-4(7)3-6/h2-11H2,1H3,(H,13,14);4,7H,1-3,5-6H2. The SMILES string of the molecule is CCCCCCCCCCCC(=O)O.NCCC(O)CN. The molecule has 0 heterocycles. The van der Waals surface area contributed by atoms with Crippen LogP contribution in [0.15, 0.2) is 0 Å². The number of aliphatic hydroxyl groups excluding tert-OH is 1. The van der Waals surface area contributed by atoms with Crippen LogP contribution in [0.2, 0.25) is 0 Å². The van der Waals surface area contributed by atoms with Gasteiger partial charge in [0.25, 0.3) is 0 Å². The van der Waals surface area contributed by atoms with E-state index in [-0.39, 0.29) is 0 Å². The highest BCUT2D eigenvalue weighted by Crippen LogP contribution is 2.10. The Morgan fingerprint density at radius 2 is 1.43 bits per heavy atom. The highest BCUT2D eigenvalue weighted by atomic mass is 16.4. The minimum atomic E-state index is -0.659. The fourth-order valence-corrected chi connectivity index (χ4v) is 1.90. The molecule has 0 aromatic heterocycles. The molecule has 0 aliphatic heterocycles. The molecule has 0 fully saturated rings. The van der Waals surface area contributed by atoms with Gasteiger partial charge in [0, 0.05) is 13.0 Å². The van der Waals surface area contributed by atoms with Gasteiger partial charge >= 0.3 is 5.97 Å². The van der Waals surface area contributed by atoms with Gasteiger partial charge in [0.2, 0.25) is 0 Å². The Kier molecular flexibility index (Phi) is 20.9. The summed E-state index contributed by atoms with van der Waals surface area (Å²) in [6, 6.07) is 0. The molecule has 0 amide bonds.